The van der Waals surface area contributed by atoms with E-state index in [1.165, 1.54) is 0 Å². The van der Waals surface area contributed by atoms with Crippen LogP contribution in [0.3, 0.4) is 0 Å². The number of unbranched alkanes of at least 4 members (excludes halogenated alkanes) is 2. The largest absolute Gasteiger partial charge is 0.497 e. The third-order valence-electron chi connectivity index (χ3n) is 6.18. The topological polar surface area (TPSA) is 61.8 Å². The number of hydrogen-bond acceptors (Lipinski definition) is 5. The smallest absolute Gasteiger partial charge is 0.320 e. The fourth-order valence-electron chi connectivity index (χ4n) is 3.66. The molecular formula is C27H44O5. The number of ether oxygens (including phenoxy) is 3. The van der Waals surface area contributed by atoms with Crippen molar-refractivity contribution in [1.82, 2.24) is 0 Å². The van der Waals surface area contributed by atoms with Crippen molar-refractivity contribution in [3.63, 3.8) is 0 Å². The molecule has 0 radical (unpaired) electrons. The van der Waals surface area contributed by atoms with E-state index in [0.29, 0.717) is 25.0 Å². The van der Waals surface area contributed by atoms with Gasteiger partial charge in [0.25, 0.3) is 0 Å². The van der Waals surface area contributed by atoms with Crippen molar-refractivity contribution in [2.24, 2.45) is 17.8 Å². The summed E-state index contributed by atoms with van der Waals surface area (Å²) in [4.78, 5) is 25.9. The number of carbonyl (C=O) groups is 2. The molecular weight excluding hydrogens is 404 g/mol. The quantitative estimate of drug-likeness (QED) is 0.205. The first-order chi connectivity index (χ1) is 15.5. The van der Waals surface area contributed by atoms with Crippen LogP contribution in [0.15, 0.2) is 24.3 Å². The lowest BCUT2D eigenvalue weighted by Gasteiger charge is -2.20. The molecule has 0 heterocycles. The second-order valence-electron chi connectivity index (χ2n) is 8.70. The third kappa shape index (κ3) is 10.5. The molecule has 5 heteroatoms. The van der Waals surface area contributed by atoms with Gasteiger partial charge in [0.2, 0.25) is 0 Å². The van der Waals surface area contributed by atoms with Gasteiger partial charge in [-0.25, -0.2) is 0 Å². The molecule has 0 saturated heterocycles. The van der Waals surface area contributed by atoms with Crippen molar-refractivity contribution in [3.8, 4) is 5.75 Å². The summed E-state index contributed by atoms with van der Waals surface area (Å²) in [6.07, 6.45) is 8.70. The van der Waals surface area contributed by atoms with Gasteiger partial charge in [-0.2, -0.15) is 0 Å². The molecule has 0 N–H and O–H groups in total. The minimum Gasteiger partial charge on any atom is -0.497 e. The Labute approximate surface area is 195 Å². The van der Waals surface area contributed by atoms with Crippen molar-refractivity contribution in [3.05, 3.63) is 29.8 Å². The van der Waals surface area contributed by atoms with Gasteiger partial charge >= 0.3 is 11.9 Å². The predicted molar refractivity (Wildman–Crippen MR) is 129 cm³/mol. The van der Waals surface area contributed by atoms with Gasteiger partial charge in [-0.15, -0.1) is 0 Å². The average Bonchev–Trinajstić information content (AvgIpc) is 2.82. The molecule has 2 unspecified atom stereocenters. The Morgan fingerprint density at radius 1 is 0.781 bits per heavy atom. The molecule has 1 aromatic rings. The molecule has 0 amide bonds. The Balaban J connectivity index is 2.83. The summed E-state index contributed by atoms with van der Waals surface area (Å²) in [6.45, 7) is 9.25. The lowest BCUT2D eigenvalue weighted by molar-refractivity contribution is -0.163. The van der Waals surface area contributed by atoms with E-state index in [4.69, 9.17) is 14.2 Å². The number of hydrogen-bond donors (Lipinski definition) is 0. The molecule has 32 heavy (non-hydrogen) atoms. The highest BCUT2D eigenvalue weighted by molar-refractivity contribution is 5.95. The molecule has 0 spiro atoms. The number of esters is 2. The summed E-state index contributed by atoms with van der Waals surface area (Å²) < 4.78 is 16.5. The van der Waals surface area contributed by atoms with Gasteiger partial charge in [0.1, 0.15) is 5.75 Å². The van der Waals surface area contributed by atoms with E-state index in [2.05, 4.69) is 27.7 Å². The van der Waals surface area contributed by atoms with Gasteiger partial charge in [-0.1, -0.05) is 78.4 Å². The van der Waals surface area contributed by atoms with Crippen molar-refractivity contribution >= 4 is 11.9 Å². The summed E-state index contributed by atoms with van der Waals surface area (Å²) in [7, 11) is 1.61. The minimum absolute atomic E-state index is 0.263. The van der Waals surface area contributed by atoms with Crippen molar-refractivity contribution in [2.45, 2.75) is 85.5 Å². The highest BCUT2D eigenvalue weighted by atomic mass is 16.6. The van der Waals surface area contributed by atoms with E-state index >= 15 is 0 Å². The van der Waals surface area contributed by atoms with E-state index in [1.54, 1.807) is 7.11 Å². The second-order valence-corrected chi connectivity index (χ2v) is 8.70. The average molecular weight is 449 g/mol. The Morgan fingerprint density at radius 3 is 1.62 bits per heavy atom. The zero-order chi connectivity index (χ0) is 23.8. The summed E-state index contributed by atoms with van der Waals surface area (Å²) in [5.41, 5.74) is 0.876. The van der Waals surface area contributed by atoms with Crippen LogP contribution in [-0.4, -0.2) is 32.3 Å². The standard InChI is InChI=1S/C27H44O5/c1-6-10-12-21(8-3)19-31-26(28)25(18-23-14-16-24(30-5)17-15-23)27(29)32-20-22(9-4)13-11-7-2/h14-17,21-22,25H,6-13,18-20H2,1-5H3. The number of rotatable bonds is 17. The van der Waals surface area contributed by atoms with Crippen LogP contribution in [0.5, 0.6) is 5.75 Å². The summed E-state index contributed by atoms with van der Waals surface area (Å²) in [5, 5.41) is 0. The first-order valence-electron chi connectivity index (χ1n) is 12.4. The van der Waals surface area contributed by atoms with Crippen LogP contribution < -0.4 is 4.74 Å². The zero-order valence-electron chi connectivity index (χ0n) is 20.9. The van der Waals surface area contributed by atoms with Crippen LogP contribution in [0.1, 0.15) is 84.6 Å². The predicted octanol–water partition coefficient (Wildman–Crippen LogP) is 6.37. The number of benzene rings is 1. The van der Waals surface area contributed by atoms with Gasteiger partial charge in [0, 0.05) is 0 Å². The molecule has 2 atom stereocenters. The van der Waals surface area contributed by atoms with Gasteiger partial charge in [0.15, 0.2) is 5.92 Å². The fourth-order valence-corrected chi connectivity index (χ4v) is 3.66. The minimum atomic E-state index is -0.948. The van der Waals surface area contributed by atoms with E-state index in [1.807, 2.05) is 24.3 Å². The molecule has 1 rings (SSSR count). The Hall–Kier alpha value is -2.04. The van der Waals surface area contributed by atoms with Gasteiger partial charge < -0.3 is 14.2 Å². The molecule has 0 aliphatic carbocycles. The van der Waals surface area contributed by atoms with Crippen LogP contribution in [0.25, 0.3) is 0 Å². The second kappa shape index (κ2) is 16.6. The lowest BCUT2D eigenvalue weighted by atomic mass is 9.98. The van der Waals surface area contributed by atoms with Crippen LogP contribution in [0, 0.1) is 17.8 Å². The normalized spacial score (nSPS) is 13.8. The van der Waals surface area contributed by atoms with Gasteiger partial charge in [-0.05, 0) is 48.8 Å². The van der Waals surface area contributed by atoms with Crippen molar-refractivity contribution in [1.29, 1.82) is 0 Å². The molecule has 0 aliphatic rings. The Morgan fingerprint density at radius 2 is 1.25 bits per heavy atom. The van der Waals surface area contributed by atoms with Crippen molar-refractivity contribution < 1.29 is 23.8 Å². The zero-order valence-corrected chi connectivity index (χ0v) is 20.9. The van der Waals surface area contributed by atoms with Crippen LogP contribution in [-0.2, 0) is 25.5 Å². The maximum absolute atomic E-state index is 12.9. The van der Waals surface area contributed by atoms with Gasteiger partial charge in [0.05, 0.1) is 20.3 Å². The summed E-state index contributed by atoms with van der Waals surface area (Å²) in [5.74, 6) is -0.524. The number of carbonyl (C=O) groups excluding carboxylic acids is 2. The van der Waals surface area contributed by atoms with Crippen LogP contribution in [0.2, 0.25) is 0 Å². The molecule has 1 aromatic carbocycles. The fraction of sp³-hybridized carbons (Fsp3) is 0.704. The number of methoxy groups -OCH3 is 1. The molecule has 182 valence electrons. The summed E-state index contributed by atoms with van der Waals surface area (Å²) in [6, 6.07) is 7.41. The van der Waals surface area contributed by atoms with Crippen molar-refractivity contribution in [2.75, 3.05) is 20.3 Å². The first-order valence-corrected chi connectivity index (χ1v) is 12.4. The van der Waals surface area contributed by atoms with E-state index in [0.717, 1.165) is 62.7 Å². The van der Waals surface area contributed by atoms with E-state index < -0.39 is 17.9 Å². The molecule has 5 nitrogen and oxygen atoms in total. The molecule has 0 fully saturated rings. The molecule has 0 saturated carbocycles. The third-order valence-corrected chi connectivity index (χ3v) is 6.18. The van der Waals surface area contributed by atoms with Gasteiger partial charge in [-0.3, -0.25) is 9.59 Å². The Kier molecular flexibility index (Phi) is 14.5. The Bertz CT molecular complexity index is 608. The van der Waals surface area contributed by atoms with E-state index in [-0.39, 0.29) is 6.42 Å². The maximum atomic E-state index is 12.9. The van der Waals surface area contributed by atoms with E-state index in [9.17, 15) is 9.59 Å². The summed E-state index contributed by atoms with van der Waals surface area (Å²) >= 11 is 0. The lowest BCUT2D eigenvalue weighted by Crippen LogP contribution is -2.32. The first kappa shape index (κ1) is 28.0. The molecule has 0 bridgehead atoms. The molecule has 0 aliphatic heterocycles. The van der Waals surface area contributed by atoms with Crippen LogP contribution in [0.4, 0.5) is 0 Å². The SMILES string of the molecule is CCCCC(CC)COC(=O)C(Cc1ccc(OC)cc1)C(=O)OCC(CC)CCCC. The highest BCUT2D eigenvalue weighted by Crippen LogP contribution is 2.20. The monoisotopic (exact) mass is 448 g/mol. The highest BCUT2D eigenvalue weighted by Gasteiger charge is 2.31. The maximum Gasteiger partial charge on any atom is 0.320 e. The molecule has 0 aromatic heterocycles. The van der Waals surface area contributed by atoms with Crippen LogP contribution >= 0.6 is 0 Å².